The number of benzene rings is 1. The largest absolute Gasteiger partial charge is 0.463 e. The fraction of sp³-hybridized carbons (Fsp3) is 0.111. The van der Waals surface area contributed by atoms with Crippen LogP contribution in [-0.2, 0) is 10.0 Å². The average molecular weight is 469 g/mol. The highest BCUT2D eigenvalue weighted by molar-refractivity contribution is 7.92. The van der Waals surface area contributed by atoms with Crippen molar-refractivity contribution in [3.63, 3.8) is 0 Å². The second-order valence-electron chi connectivity index (χ2n) is 6.21. The first kappa shape index (κ1) is 20.0. The Morgan fingerprint density at radius 1 is 1.17 bits per heavy atom. The van der Waals surface area contributed by atoms with Crippen LogP contribution in [0.15, 0.2) is 51.3 Å². The van der Waals surface area contributed by atoms with E-state index in [1.54, 1.807) is 38.3 Å². The normalized spacial score (nSPS) is 11.7. The number of halogens is 2. The van der Waals surface area contributed by atoms with E-state index in [4.69, 9.17) is 27.6 Å². The number of aryl methyl sites for hydroxylation is 2. The SMILES string of the molecule is Cc1cc(NS(=O)(=O)c2cc(C)c(Cl)cc2Cl)n(-c2nc(-c3ccco3)cs2)n1. The van der Waals surface area contributed by atoms with Crippen molar-refractivity contribution in [2.24, 2.45) is 0 Å². The molecule has 0 aliphatic carbocycles. The van der Waals surface area contributed by atoms with Gasteiger partial charge in [-0.05, 0) is 43.7 Å². The van der Waals surface area contributed by atoms with Crippen molar-refractivity contribution in [3.05, 3.63) is 63.3 Å². The second kappa shape index (κ2) is 7.49. The molecule has 0 saturated heterocycles. The summed E-state index contributed by atoms with van der Waals surface area (Å²) >= 11 is 13.5. The van der Waals surface area contributed by atoms with E-state index >= 15 is 0 Å². The van der Waals surface area contributed by atoms with E-state index in [1.807, 2.05) is 5.38 Å². The molecule has 3 aromatic heterocycles. The van der Waals surface area contributed by atoms with Gasteiger partial charge in [0.15, 0.2) is 5.76 Å². The Labute approximate surface area is 181 Å². The maximum absolute atomic E-state index is 13.0. The van der Waals surface area contributed by atoms with Crippen LogP contribution < -0.4 is 4.72 Å². The van der Waals surface area contributed by atoms with Crippen LogP contribution in [0.3, 0.4) is 0 Å². The van der Waals surface area contributed by atoms with Crippen LogP contribution in [-0.4, -0.2) is 23.2 Å². The number of furan rings is 1. The molecule has 4 aromatic rings. The maximum Gasteiger partial charge on any atom is 0.264 e. The molecule has 0 spiro atoms. The van der Waals surface area contributed by atoms with Crippen LogP contribution in [0.4, 0.5) is 5.82 Å². The van der Waals surface area contributed by atoms with Crippen molar-refractivity contribution in [2.75, 3.05) is 4.72 Å². The van der Waals surface area contributed by atoms with Gasteiger partial charge in [-0.1, -0.05) is 23.2 Å². The molecule has 4 rings (SSSR count). The molecule has 0 aliphatic heterocycles. The number of nitrogens with zero attached hydrogens (tertiary/aromatic N) is 3. The van der Waals surface area contributed by atoms with Gasteiger partial charge in [-0.15, -0.1) is 11.3 Å². The van der Waals surface area contributed by atoms with Crippen molar-refractivity contribution < 1.29 is 12.8 Å². The van der Waals surface area contributed by atoms with E-state index in [0.29, 0.717) is 32.9 Å². The number of aromatic nitrogens is 3. The summed E-state index contributed by atoms with van der Waals surface area (Å²) in [6.07, 6.45) is 1.56. The highest BCUT2D eigenvalue weighted by Crippen LogP contribution is 2.31. The monoisotopic (exact) mass is 468 g/mol. The lowest BCUT2D eigenvalue weighted by atomic mass is 10.2. The van der Waals surface area contributed by atoms with Crippen LogP contribution in [0.25, 0.3) is 16.6 Å². The van der Waals surface area contributed by atoms with Crippen molar-refractivity contribution in [2.45, 2.75) is 18.7 Å². The molecule has 0 fully saturated rings. The summed E-state index contributed by atoms with van der Waals surface area (Å²) in [4.78, 5) is 4.42. The zero-order chi connectivity index (χ0) is 20.8. The predicted octanol–water partition coefficient (Wildman–Crippen LogP) is 5.31. The molecule has 0 saturated carbocycles. The quantitative estimate of drug-likeness (QED) is 0.428. The van der Waals surface area contributed by atoms with E-state index in [2.05, 4.69) is 14.8 Å². The molecule has 11 heteroatoms. The summed E-state index contributed by atoms with van der Waals surface area (Å²) in [6, 6.07) is 8.01. The van der Waals surface area contributed by atoms with Crippen LogP contribution >= 0.6 is 34.5 Å². The zero-order valence-electron chi connectivity index (χ0n) is 15.2. The molecule has 0 unspecified atom stereocenters. The molecule has 7 nitrogen and oxygen atoms in total. The van der Waals surface area contributed by atoms with Crippen molar-refractivity contribution in [1.82, 2.24) is 14.8 Å². The van der Waals surface area contributed by atoms with Gasteiger partial charge in [0.1, 0.15) is 16.4 Å². The fourth-order valence-corrected chi connectivity index (χ4v) is 5.29. The Kier molecular flexibility index (Phi) is 5.16. The molecule has 0 aliphatic rings. The standard InChI is InChI=1S/C18H14Cl2N4O3S2/c1-10-6-16(13(20)8-12(10)19)29(25,26)23-17-7-11(2)22-24(17)18-21-14(9-28-18)15-4-3-5-27-15/h3-9,23H,1-2H3. The van der Waals surface area contributed by atoms with E-state index < -0.39 is 10.0 Å². The predicted molar refractivity (Wildman–Crippen MR) is 114 cm³/mol. The summed E-state index contributed by atoms with van der Waals surface area (Å²) in [5.74, 6) is 0.855. The number of anilines is 1. The van der Waals surface area contributed by atoms with E-state index in [9.17, 15) is 8.42 Å². The molecule has 0 atom stereocenters. The highest BCUT2D eigenvalue weighted by atomic mass is 35.5. The molecule has 3 heterocycles. The van der Waals surface area contributed by atoms with Crippen LogP contribution in [0, 0.1) is 13.8 Å². The van der Waals surface area contributed by atoms with Crippen molar-refractivity contribution in [3.8, 4) is 16.6 Å². The molecular weight excluding hydrogens is 455 g/mol. The lowest BCUT2D eigenvalue weighted by Gasteiger charge is -2.11. The number of sulfonamides is 1. The lowest BCUT2D eigenvalue weighted by Crippen LogP contribution is -2.16. The van der Waals surface area contributed by atoms with Gasteiger partial charge < -0.3 is 4.42 Å². The Hall–Kier alpha value is -2.33. The average Bonchev–Trinajstić information content (AvgIpc) is 3.37. The Morgan fingerprint density at radius 2 is 1.97 bits per heavy atom. The third kappa shape index (κ3) is 3.91. The van der Waals surface area contributed by atoms with Crippen LogP contribution in [0.2, 0.25) is 10.0 Å². The molecule has 0 radical (unpaired) electrons. The molecule has 29 heavy (non-hydrogen) atoms. The molecule has 150 valence electrons. The van der Waals surface area contributed by atoms with Crippen LogP contribution in [0.5, 0.6) is 0 Å². The minimum Gasteiger partial charge on any atom is -0.463 e. The fourth-order valence-electron chi connectivity index (χ4n) is 2.65. The number of hydrogen-bond donors (Lipinski definition) is 1. The number of thiazole rings is 1. The number of rotatable bonds is 5. The minimum absolute atomic E-state index is 0.0326. The Bertz CT molecular complexity index is 1290. The summed E-state index contributed by atoms with van der Waals surface area (Å²) in [6.45, 7) is 3.46. The molecule has 1 aromatic carbocycles. The van der Waals surface area contributed by atoms with Gasteiger partial charge >= 0.3 is 0 Å². The third-order valence-electron chi connectivity index (χ3n) is 4.02. The molecule has 0 amide bonds. The molecular formula is C18H14Cl2N4O3S2. The molecule has 0 bridgehead atoms. The van der Waals surface area contributed by atoms with Gasteiger partial charge in [0, 0.05) is 16.5 Å². The van der Waals surface area contributed by atoms with Crippen LogP contribution in [0.1, 0.15) is 11.3 Å². The first-order chi connectivity index (χ1) is 13.7. The van der Waals surface area contributed by atoms with Crippen molar-refractivity contribution in [1.29, 1.82) is 0 Å². The highest BCUT2D eigenvalue weighted by Gasteiger charge is 2.23. The van der Waals surface area contributed by atoms with Gasteiger partial charge in [0.05, 0.1) is 17.0 Å². The summed E-state index contributed by atoms with van der Waals surface area (Å²) in [5, 5.41) is 7.08. The van der Waals surface area contributed by atoms with E-state index in [-0.39, 0.29) is 15.7 Å². The number of nitrogens with one attached hydrogen (secondary N) is 1. The summed E-state index contributed by atoms with van der Waals surface area (Å²) in [5.41, 5.74) is 1.85. The van der Waals surface area contributed by atoms with Gasteiger partial charge in [-0.3, -0.25) is 4.72 Å². The third-order valence-corrected chi connectivity index (χ3v) is 7.06. The van der Waals surface area contributed by atoms with E-state index in [1.165, 1.54) is 28.2 Å². The summed E-state index contributed by atoms with van der Waals surface area (Å²) in [7, 11) is -3.98. The lowest BCUT2D eigenvalue weighted by molar-refractivity contribution is 0.580. The maximum atomic E-state index is 13.0. The molecule has 1 N–H and O–H groups in total. The van der Waals surface area contributed by atoms with Gasteiger partial charge in [-0.25, -0.2) is 13.4 Å². The Morgan fingerprint density at radius 3 is 2.69 bits per heavy atom. The van der Waals surface area contributed by atoms with Gasteiger partial charge in [0.2, 0.25) is 5.13 Å². The first-order valence-electron chi connectivity index (χ1n) is 8.29. The topological polar surface area (TPSA) is 90.0 Å². The summed E-state index contributed by atoms with van der Waals surface area (Å²) < 4.78 is 35.2. The minimum atomic E-state index is -3.98. The smallest absolute Gasteiger partial charge is 0.264 e. The Balaban J connectivity index is 1.72. The zero-order valence-corrected chi connectivity index (χ0v) is 18.3. The van der Waals surface area contributed by atoms with Gasteiger partial charge in [0.25, 0.3) is 10.0 Å². The van der Waals surface area contributed by atoms with Crippen molar-refractivity contribution >= 4 is 50.4 Å². The van der Waals surface area contributed by atoms with E-state index in [0.717, 1.165) is 0 Å². The second-order valence-corrected chi connectivity index (χ2v) is 9.51. The number of hydrogen-bond acceptors (Lipinski definition) is 6. The first-order valence-corrected chi connectivity index (χ1v) is 11.4. The van der Waals surface area contributed by atoms with Gasteiger partial charge in [-0.2, -0.15) is 9.78 Å².